The molecule has 1 unspecified atom stereocenters. The molecule has 0 saturated heterocycles. The van der Waals surface area contributed by atoms with Crippen LogP contribution >= 0.6 is 11.6 Å². The molecule has 0 aliphatic heterocycles. The van der Waals surface area contributed by atoms with Crippen molar-refractivity contribution in [3.63, 3.8) is 0 Å². The van der Waals surface area contributed by atoms with Crippen LogP contribution < -0.4 is 10.1 Å². The average molecular weight is 309 g/mol. The van der Waals surface area contributed by atoms with Gasteiger partial charge >= 0.3 is 0 Å². The second-order valence-corrected chi connectivity index (χ2v) is 5.47. The molecule has 0 amide bonds. The maximum absolute atomic E-state index is 6.11. The van der Waals surface area contributed by atoms with Gasteiger partial charge in [0.2, 0.25) is 0 Å². The number of halogens is 1. The molecule has 0 spiro atoms. The minimum absolute atomic E-state index is 0.181. The van der Waals surface area contributed by atoms with Gasteiger partial charge in [0.1, 0.15) is 18.1 Å². The van der Waals surface area contributed by atoms with Gasteiger partial charge in [-0.05, 0) is 38.1 Å². The van der Waals surface area contributed by atoms with Gasteiger partial charge in [0.25, 0.3) is 0 Å². The normalized spacial score (nSPS) is 12.4. The fourth-order valence-corrected chi connectivity index (χ4v) is 2.25. The number of rotatable bonds is 7. The van der Waals surface area contributed by atoms with Gasteiger partial charge in [0.15, 0.2) is 0 Å². The Labute approximate surface area is 130 Å². The van der Waals surface area contributed by atoms with Gasteiger partial charge in [-0.1, -0.05) is 23.7 Å². The summed E-state index contributed by atoms with van der Waals surface area (Å²) < 4.78 is 7.54. The predicted molar refractivity (Wildman–Crippen MR) is 83.5 cm³/mol. The van der Waals surface area contributed by atoms with Crippen LogP contribution in [0.3, 0.4) is 0 Å². The van der Waals surface area contributed by atoms with Crippen molar-refractivity contribution in [3.05, 3.63) is 40.7 Å². The topological polar surface area (TPSA) is 52.0 Å². The summed E-state index contributed by atoms with van der Waals surface area (Å²) in [5.74, 6) is 0.821. The molecule has 2 rings (SSSR count). The summed E-state index contributed by atoms with van der Waals surface area (Å²) in [5, 5.41) is 12.1. The minimum atomic E-state index is 0.181. The van der Waals surface area contributed by atoms with E-state index in [1.165, 1.54) is 0 Å². The van der Waals surface area contributed by atoms with Gasteiger partial charge in [0.05, 0.1) is 6.20 Å². The first kappa shape index (κ1) is 15.8. The highest BCUT2D eigenvalue weighted by Crippen LogP contribution is 2.29. The van der Waals surface area contributed by atoms with Crippen LogP contribution in [0.15, 0.2) is 24.4 Å². The molecule has 0 aliphatic rings. The highest BCUT2D eigenvalue weighted by atomic mass is 35.5. The molecular formula is C15H21ClN4O. The van der Waals surface area contributed by atoms with Crippen molar-refractivity contribution < 1.29 is 4.74 Å². The van der Waals surface area contributed by atoms with E-state index in [2.05, 4.69) is 29.5 Å². The van der Waals surface area contributed by atoms with E-state index in [-0.39, 0.29) is 6.04 Å². The molecule has 0 aliphatic carbocycles. The van der Waals surface area contributed by atoms with Crippen LogP contribution in [0.5, 0.6) is 5.75 Å². The van der Waals surface area contributed by atoms with Crippen molar-refractivity contribution in [2.24, 2.45) is 7.05 Å². The summed E-state index contributed by atoms with van der Waals surface area (Å²) in [7, 11) is 1.83. The van der Waals surface area contributed by atoms with E-state index in [1.807, 2.05) is 31.4 Å². The third-order valence-electron chi connectivity index (χ3n) is 3.16. The molecule has 0 saturated carbocycles. The first-order chi connectivity index (χ1) is 10.1. The highest BCUT2D eigenvalue weighted by molar-refractivity contribution is 6.30. The standard InChI is InChI=1S/C15H21ClN4O/c1-4-7-17-11(2)14-8-12(16)5-6-15(14)21-10-13-9-20(3)19-18-13/h5-6,8-9,11,17H,4,7,10H2,1-3H3. The summed E-state index contributed by atoms with van der Waals surface area (Å²) in [4.78, 5) is 0. The number of benzene rings is 1. The van der Waals surface area contributed by atoms with E-state index in [4.69, 9.17) is 16.3 Å². The molecule has 1 N–H and O–H groups in total. The van der Waals surface area contributed by atoms with Crippen molar-refractivity contribution in [2.45, 2.75) is 32.9 Å². The van der Waals surface area contributed by atoms with Crippen LogP contribution in [0.1, 0.15) is 37.6 Å². The lowest BCUT2D eigenvalue weighted by Crippen LogP contribution is -2.20. The zero-order chi connectivity index (χ0) is 15.2. The number of hydrogen-bond acceptors (Lipinski definition) is 4. The largest absolute Gasteiger partial charge is 0.487 e. The van der Waals surface area contributed by atoms with Gasteiger partial charge in [-0.15, -0.1) is 5.10 Å². The van der Waals surface area contributed by atoms with Gasteiger partial charge in [0, 0.05) is 23.7 Å². The molecule has 1 aromatic carbocycles. The van der Waals surface area contributed by atoms with E-state index in [9.17, 15) is 0 Å². The van der Waals surface area contributed by atoms with Crippen LogP contribution in [0.2, 0.25) is 5.02 Å². The molecule has 5 nitrogen and oxygen atoms in total. The van der Waals surface area contributed by atoms with E-state index in [1.54, 1.807) is 4.68 Å². The summed E-state index contributed by atoms with van der Waals surface area (Å²) in [6.07, 6.45) is 2.93. The first-order valence-corrected chi connectivity index (χ1v) is 7.48. The van der Waals surface area contributed by atoms with Crippen molar-refractivity contribution in [3.8, 4) is 5.75 Å². The lowest BCUT2D eigenvalue weighted by atomic mass is 10.1. The van der Waals surface area contributed by atoms with E-state index in [0.29, 0.717) is 11.6 Å². The first-order valence-electron chi connectivity index (χ1n) is 7.11. The molecule has 0 fully saturated rings. The molecule has 0 radical (unpaired) electrons. The molecule has 114 valence electrons. The molecule has 1 heterocycles. The average Bonchev–Trinajstić information content (AvgIpc) is 2.89. The van der Waals surface area contributed by atoms with Gasteiger partial charge < -0.3 is 10.1 Å². The maximum atomic E-state index is 6.11. The van der Waals surface area contributed by atoms with Gasteiger partial charge in [-0.25, -0.2) is 0 Å². The van der Waals surface area contributed by atoms with Crippen LogP contribution in [0.25, 0.3) is 0 Å². The second-order valence-electron chi connectivity index (χ2n) is 5.03. The smallest absolute Gasteiger partial charge is 0.134 e. The SMILES string of the molecule is CCCNC(C)c1cc(Cl)ccc1OCc1cn(C)nn1. The summed E-state index contributed by atoms with van der Waals surface area (Å²) in [5.41, 5.74) is 1.85. The second kappa shape index (κ2) is 7.43. The zero-order valence-corrected chi connectivity index (χ0v) is 13.4. The Hall–Kier alpha value is -1.59. The fourth-order valence-electron chi connectivity index (χ4n) is 2.07. The molecule has 2 aromatic rings. The Morgan fingerprint density at radius 2 is 2.24 bits per heavy atom. The molecule has 6 heteroatoms. The van der Waals surface area contributed by atoms with Crippen LogP contribution in [0.4, 0.5) is 0 Å². The Kier molecular flexibility index (Phi) is 5.59. The third kappa shape index (κ3) is 4.44. The van der Waals surface area contributed by atoms with Crippen molar-refractivity contribution in [1.29, 1.82) is 0 Å². The van der Waals surface area contributed by atoms with Gasteiger partial charge in [-0.3, -0.25) is 4.68 Å². The summed E-state index contributed by atoms with van der Waals surface area (Å²) in [6.45, 7) is 5.60. The lowest BCUT2D eigenvalue weighted by Gasteiger charge is -2.18. The number of ether oxygens (including phenoxy) is 1. The van der Waals surface area contributed by atoms with Crippen LogP contribution in [-0.4, -0.2) is 21.5 Å². The fraction of sp³-hybridized carbons (Fsp3) is 0.467. The Balaban J connectivity index is 2.10. The maximum Gasteiger partial charge on any atom is 0.134 e. The van der Waals surface area contributed by atoms with Crippen molar-refractivity contribution in [2.75, 3.05) is 6.54 Å². The third-order valence-corrected chi connectivity index (χ3v) is 3.40. The molecular weight excluding hydrogens is 288 g/mol. The van der Waals surface area contributed by atoms with E-state index in [0.717, 1.165) is 30.0 Å². The number of aryl methyl sites for hydroxylation is 1. The number of aromatic nitrogens is 3. The van der Waals surface area contributed by atoms with Gasteiger partial charge in [-0.2, -0.15) is 0 Å². The number of hydrogen-bond donors (Lipinski definition) is 1. The molecule has 21 heavy (non-hydrogen) atoms. The Morgan fingerprint density at radius 1 is 1.43 bits per heavy atom. The monoisotopic (exact) mass is 308 g/mol. The number of nitrogens with one attached hydrogen (secondary N) is 1. The van der Waals surface area contributed by atoms with E-state index >= 15 is 0 Å². The Bertz CT molecular complexity index is 585. The minimum Gasteiger partial charge on any atom is -0.487 e. The zero-order valence-electron chi connectivity index (χ0n) is 12.6. The summed E-state index contributed by atoms with van der Waals surface area (Å²) >= 11 is 6.11. The predicted octanol–water partition coefficient (Wildman–Crippen LogP) is 3.11. The lowest BCUT2D eigenvalue weighted by molar-refractivity contribution is 0.295. The Morgan fingerprint density at radius 3 is 2.90 bits per heavy atom. The van der Waals surface area contributed by atoms with E-state index < -0.39 is 0 Å². The molecule has 0 bridgehead atoms. The van der Waals surface area contributed by atoms with Crippen molar-refractivity contribution in [1.82, 2.24) is 20.3 Å². The van der Waals surface area contributed by atoms with Crippen LogP contribution in [-0.2, 0) is 13.7 Å². The number of nitrogens with zero attached hydrogens (tertiary/aromatic N) is 3. The summed E-state index contributed by atoms with van der Waals surface area (Å²) in [6, 6.07) is 5.86. The van der Waals surface area contributed by atoms with Crippen LogP contribution in [0, 0.1) is 0 Å². The van der Waals surface area contributed by atoms with Crippen molar-refractivity contribution >= 4 is 11.6 Å². The molecule has 1 atom stereocenters. The molecule has 1 aromatic heterocycles. The quantitative estimate of drug-likeness (QED) is 0.854. The highest BCUT2D eigenvalue weighted by Gasteiger charge is 2.12.